The van der Waals surface area contributed by atoms with Gasteiger partial charge in [-0.2, -0.15) is 0 Å². The monoisotopic (exact) mass is 344 g/mol. The Morgan fingerprint density at radius 1 is 1.17 bits per heavy atom. The van der Waals surface area contributed by atoms with Crippen LogP contribution in [0, 0.1) is 0 Å². The van der Waals surface area contributed by atoms with E-state index in [1.807, 2.05) is 36.4 Å². The van der Waals surface area contributed by atoms with Gasteiger partial charge in [-0.25, -0.2) is 4.79 Å². The summed E-state index contributed by atoms with van der Waals surface area (Å²) in [6.07, 6.45) is 5.46. The number of ether oxygens (including phenoxy) is 1. The molecule has 0 fully saturated rings. The van der Waals surface area contributed by atoms with Crippen LogP contribution >= 0.6 is 0 Å². The largest absolute Gasteiger partial charge is 0.544 e. The SMILES string of the molecule is CC(C)(C)[Si](C)(C)OC1=CCCC(C(=O)OCc2ccccc2)=C1. The van der Waals surface area contributed by atoms with Crippen molar-refractivity contribution < 1.29 is 14.0 Å². The lowest BCUT2D eigenvalue weighted by molar-refractivity contribution is -0.140. The highest BCUT2D eigenvalue weighted by Crippen LogP contribution is 2.38. The minimum Gasteiger partial charge on any atom is -0.544 e. The van der Waals surface area contributed by atoms with Gasteiger partial charge in [-0.15, -0.1) is 0 Å². The van der Waals surface area contributed by atoms with Crippen LogP contribution < -0.4 is 0 Å². The van der Waals surface area contributed by atoms with Crippen LogP contribution in [0.3, 0.4) is 0 Å². The Morgan fingerprint density at radius 3 is 2.46 bits per heavy atom. The summed E-state index contributed by atoms with van der Waals surface area (Å²) >= 11 is 0. The van der Waals surface area contributed by atoms with E-state index in [9.17, 15) is 4.79 Å². The molecule has 0 N–H and O–H groups in total. The zero-order valence-corrected chi connectivity index (χ0v) is 16.4. The molecule has 0 unspecified atom stereocenters. The molecule has 0 radical (unpaired) electrons. The van der Waals surface area contributed by atoms with Crippen molar-refractivity contribution in [3.8, 4) is 0 Å². The molecule has 24 heavy (non-hydrogen) atoms. The molecule has 0 saturated carbocycles. The van der Waals surface area contributed by atoms with E-state index in [4.69, 9.17) is 9.16 Å². The molecule has 2 rings (SSSR count). The van der Waals surface area contributed by atoms with E-state index in [1.165, 1.54) is 0 Å². The van der Waals surface area contributed by atoms with E-state index in [1.54, 1.807) is 0 Å². The number of allylic oxidation sites excluding steroid dienone is 2. The van der Waals surface area contributed by atoms with Crippen molar-refractivity contribution in [3.63, 3.8) is 0 Å². The van der Waals surface area contributed by atoms with Crippen molar-refractivity contribution in [2.75, 3.05) is 0 Å². The summed E-state index contributed by atoms with van der Waals surface area (Å²) in [5.74, 6) is 0.572. The first-order chi connectivity index (χ1) is 11.2. The molecule has 130 valence electrons. The van der Waals surface area contributed by atoms with Crippen molar-refractivity contribution in [1.29, 1.82) is 0 Å². The summed E-state index contributed by atoms with van der Waals surface area (Å²) in [6.45, 7) is 11.4. The number of hydrogen-bond donors (Lipinski definition) is 0. The van der Waals surface area contributed by atoms with Gasteiger partial charge in [0.25, 0.3) is 0 Å². The van der Waals surface area contributed by atoms with Gasteiger partial charge >= 0.3 is 5.97 Å². The lowest BCUT2D eigenvalue weighted by Gasteiger charge is -2.37. The second-order valence-corrected chi connectivity index (χ2v) is 12.5. The van der Waals surface area contributed by atoms with Gasteiger partial charge in [0.15, 0.2) is 0 Å². The van der Waals surface area contributed by atoms with Gasteiger partial charge in [0, 0.05) is 5.57 Å². The zero-order valence-electron chi connectivity index (χ0n) is 15.4. The maximum atomic E-state index is 12.3. The molecule has 1 aromatic carbocycles. The smallest absolute Gasteiger partial charge is 0.334 e. The summed E-state index contributed by atoms with van der Waals surface area (Å²) in [6, 6.07) is 9.74. The Morgan fingerprint density at radius 2 is 1.83 bits per heavy atom. The number of rotatable bonds is 5. The number of carbonyl (C=O) groups excluding carboxylic acids is 1. The molecule has 0 aromatic heterocycles. The topological polar surface area (TPSA) is 35.5 Å². The first-order valence-electron chi connectivity index (χ1n) is 8.50. The molecule has 0 atom stereocenters. The molecule has 0 heterocycles. The molecule has 1 aromatic rings. The Hall–Kier alpha value is -1.81. The van der Waals surface area contributed by atoms with E-state index in [0.29, 0.717) is 18.6 Å². The van der Waals surface area contributed by atoms with Crippen molar-refractivity contribution in [2.24, 2.45) is 0 Å². The maximum absolute atomic E-state index is 12.3. The zero-order chi connectivity index (χ0) is 17.8. The van der Waals surface area contributed by atoms with Gasteiger partial charge in [0.1, 0.15) is 6.61 Å². The van der Waals surface area contributed by atoms with Crippen molar-refractivity contribution in [1.82, 2.24) is 0 Å². The van der Waals surface area contributed by atoms with Crippen molar-refractivity contribution in [3.05, 3.63) is 59.4 Å². The molecular weight excluding hydrogens is 316 g/mol. The number of hydrogen-bond acceptors (Lipinski definition) is 3. The highest BCUT2D eigenvalue weighted by molar-refractivity contribution is 6.74. The Kier molecular flexibility index (Phi) is 5.70. The van der Waals surface area contributed by atoms with Crippen LogP contribution in [-0.4, -0.2) is 14.3 Å². The second-order valence-electron chi connectivity index (χ2n) is 7.74. The predicted octanol–water partition coefficient (Wildman–Crippen LogP) is 5.36. The molecule has 1 aliphatic carbocycles. The van der Waals surface area contributed by atoms with Crippen LogP contribution in [0.2, 0.25) is 18.1 Å². The van der Waals surface area contributed by atoms with Crippen LogP contribution in [0.15, 0.2) is 53.8 Å². The molecule has 3 nitrogen and oxygen atoms in total. The van der Waals surface area contributed by atoms with Gasteiger partial charge in [0.2, 0.25) is 8.32 Å². The van der Waals surface area contributed by atoms with Crippen LogP contribution in [0.25, 0.3) is 0 Å². The third-order valence-electron chi connectivity index (χ3n) is 4.73. The molecule has 0 aliphatic heterocycles. The molecule has 4 heteroatoms. The highest BCUT2D eigenvalue weighted by Gasteiger charge is 2.39. The van der Waals surface area contributed by atoms with E-state index in [0.717, 1.165) is 17.7 Å². The lowest BCUT2D eigenvalue weighted by Crippen LogP contribution is -2.40. The fourth-order valence-electron chi connectivity index (χ4n) is 2.17. The van der Waals surface area contributed by atoms with Gasteiger partial charge in [0.05, 0.1) is 5.76 Å². The minimum atomic E-state index is -1.89. The summed E-state index contributed by atoms with van der Waals surface area (Å²) in [5, 5.41) is 0.132. The van der Waals surface area contributed by atoms with E-state index >= 15 is 0 Å². The van der Waals surface area contributed by atoms with E-state index in [2.05, 4.69) is 39.9 Å². The Labute approximate surface area is 146 Å². The molecule has 1 aliphatic rings. The number of esters is 1. The molecular formula is C20H28O3Si. The van der Waals surface area contributed by atoms with Crippen molar-refractivity contribution in [2.45, 2.75) is 58.4 Å². The third-order valence-corrected chi connectivity index (χ3v) is 9.09. The quantitative estimate of drug-likeness (QED) is 0.533. The van der Waals surface area contributed by atoms with Gasteiger partial charge in [-0.3, -0.25) is 0 Å². The Balaban J connectivity index is 1.99. The summed E-state index contributed by atoms with van der Waals surface area (Å²) in [5.41, 5.74) is 1.69. The second kappa shape index (κ2) is 7.39. The number of carbonyl (C=O) groups is 1. The summed E-state index contributed by atoms with van der Waals surface area (Å²) < 4.78 is 11.7. The summed E-state index contributed by atoms with van der Waals surface area (Å²) in [7, 11) is -1.89. The van der Waals surface area contributed by atoms with Crippen LogP contribution in [-0.2, 0) is 20.6 Å². The molecule has 0 saturated heterocycles. The first-order valence-corrected chi connectivity index (χ1v) is 11.4. The normalized spacial score (nSPS) is 15.4. The fourth-order valence-corrected chi connectivity index (χ4v) is 3.21. The average Bonchev–Trinajstić information content (AvgIpc) is 2.52. The first kappa shape index (κ1) is 18.5. The lowest BCUT2D eigenvalue weighted by atomic mass is 10.0. The van der Waals surface area contributed by atoms with Crippen LogP contribution in [0.5, 0.6) is 0 Å². The summed E-state index contributed by atoms with van der Waals surface area (Å²) in [4.78, 5) is 12.3. The van der Waals surface area contributed by atoms with Crippen LogP contribution in [0.1, 0.15) is 39.2 Å². The number of benzene rings is 1. The van der Waals surface area contributed by atoms with Gasteiger partial charge < -0.3 is 9.16 Å². The third kappa shape index (κ3) is 4.84. The Bertz CT molecular complexity index is 637. The van der Waals surface area contributed by atoms with Gasteiger partial charge in [-0.05, 0) is 48.7 Å². The average molecular weight is 345 g/mol. The van der Waals surface area contributed by atoms with Crippen molar-refractivity contribution >= 4 is 14.3 Å². The fraction of sp³-hybridized carbons (Fsp3) is 0.450. The predicted molar refractivity (Wildman–Crippen MR) is 99.9 cm³/mol. The minimum absolute atomic E-state index is 0.132. The van der Waals surface area contributed by atoms with E-state index < -0.39 is 8.32 Å². The highest BCUT2D eigenvalue weighted by atomic mass is 28.4. The molecule has 0 spiro atoms. The molecule has 0 bridgehead atoms. The van der Waals surface area contributed by atoms with Gasteiger partial charge in [-0.1, -0.05) is 51.1 Å². The maximum Gasteiger partial charge on any atom is 0.334 e. The van der Waals surface area contributed by atoms with Crippen LogP contribution in [0.4, 0.5) is 0 Å². The van der Waals surface area contributed by atoms with E-state index in [-0.39, 0.29) is 11.0 Å². The standard InChI is InChI=1S/C20H28O3Si/c1-20(2,3)24(4,5)23-18-13-9-12-17(14-18)19(21)22-15-16-10-7-6-8-11-16/h6-8,10-11,13-14H,9,12,15H2,1-5H3. The molecule has 0 amide bonds.